The highest BCUT2D eigenvalue weighted by Gasteiger charge is 2.61. The van der Waals surface area contributed by atoms with Crippen LogP contribution in [-0.2, 0) is 15.9 Å². The predicted octanol–water partition coefficient (Wildman–Crippen LogP) is 4.85. The summed E-state index contributed by atoms with van der Waals surface area (Å²) >= 11 is 0. The molecule has 3 aliphatic rings. The van der Waals surface area contributed by atoms with Gasteiger partial charge in [0.2, 0.25) is 0 Å². The maximum absolute atomic E-state index is 6.54. The summed E-state index contributed by atoms with van der Waals surface area (Å²) in [5.74, 6) is -0.638. The Kier molecular flexibility index (Phi) is 3.97. The van der Waals surface area contributed by atoms with E-state index in [9.17, 15) is 0 Å². The molecule has 1 saturated heterocycles. The minimum Gasteiger partial charge on any atom is -0.339 e. The molecule has 0 N–H and O–H groups in total. The third-order valence-corrected chi connectivity index (χ3v) is 6.68. The third kappa shape index (κ3) is 2.34. The van der Waals surface area contributed by atoms with Gasteiger partial charge < -0.3 is 9.47 Å². The Balaban J connectivity index is 1.58. The van der Waals surface area contributed by atoms with E-state index in [1.165, 1.54) is 16.8 Å². The summed E-state index contributed by atoms with van der Waals surface area (Å²) in [6.07, 6.45) is 11.5. The monoisotopic (exact) mass is 374 g/mol. The highest BCUT2D eigenvalue weighted by atomic mass is 16.8. The second-order valence-corrected chi connectivity index (χ2v) is 8.22. The molecule has 3 atom stereocenters. The first-order valence-corrected chi connectivity index (χ1v) is 10.0. The standard InChI is InChI=1S/C24H26N2O2/c1-4-21-22(5-2)28-24(27-21)13-9-10-18-14-20-17(15-23(18,24)3)16-25-26(20)19-11-7-6-8-12-19/h4-8,11-12,14,16,21-22H,1-2,9-10,13,15H2,3H3/t21-,22-,23?/m1/s1. The minimum atomic E-state index is -0.638. The van der Waals surface area contributed by atoms with E-state index in [0.717, 1.165) is 31.4 Å². The smallest absolute Gasteiger partial charge is 0.179 e. The third-order valence-electron chi connectivity index (χ3n) is 6.68. The van der Waals surface area contributed by atoms with Crippen LogP contribution in [0.4, 0.5) is 0 Å². The van der Waals surface area contributed by atoms with Gasteiger partial charge in [0.25, 0.3) is 0 Å². The molecule has 2 aliphatic carbocycles. The number of hydrogen-bond acceptors (Lipinski definition) is 3. The van der Waals surface area contributed by atoms with Gasteiger partial charge in [-0.2, -0.15) is 5.10 Å². The summed E-state index contributed by atoms with van der Waals surface area (Å²) in [6, 6.07) is 10.3. The Morgan fingerprint density at radius 1 is 1.14 bits per heavy atom. The van der Waals surface area contributed by atoms with E-state index >= 15 is 0 Å². The van der Waals surface area contributed by atoms with Gasteiger partial charge in [-0.15, -0.1) is 13.2 Å². The Hall–Kier alpha value is -2.43. The molecule has 2 aromatic rings. The predicted molar refractivity (Wildman–Crippen MR) is 110 cm³/mol. The molecule has 1 aromatic carbocycles. The highest BCUT2D eigenvalue weighted by Crippen LogP contribution is 2.58. The summed E-state index contributed by atoms with van der Waals surface area (Å²) in [5.41, 5.74) is 4.66. The van der Waals surface area contributed by atoms with E-state index in [0.29, 0.717) is 0 Å². The van der Waals surface area contributed by atoms with Gasteiger partial charge in [-0.1, -0.05) is 42.8 Å². The number of rotatable bonds is 3. The molecular formula is C24H26N2O2. The maximum atomic E-state index is 6.54. The molecule has 2 fully saturated rings. The second kappa shape index (κ2) is 6.29. The average molecular weight is 374 g/mol. The quantitative estimate of drug-likeness (QED) is 0.720. The van der Waals surface area contributed by atoms with Crippen LogP contribution in [0.2, 0.25) is 0 Å². The SMILES string of the molecule is C=C[C@H]1OC2(CCCC3=Cc4c(cnn4-c4ccccc4)CC32C)O[C@@H]1C=C. The Bertz CT molecular complexity index is 942. The number of para-hydroxylation sites is 1. The van der Waals surface area contributed by atoms with E-state index in [1.54, 1.807) is 0 Å². The molecule has 2 heterocycles. The highest BCUT2D eigenvalue weighted by molar-refractivity contribution is 5.62. The molecular weight excluding hydrogens is 348 g/mol. The summed E-state index contributed by atoms with van der Waals surface area (Å²) < 4.78 is 15.1. The fraction of sp³-hybridized carbons (Fsp3) is 0.375. The van der Waals surface area contributed by atoms with Gasteiger partial charge in [0.15, 0.2) is 5.79 Å². The first kappa shape index (κ1) is 17.7. The molecule has 28 heavy (non-hydrogen) atoms. The van der Waals surface area contributed by atoms with Gasteiger partial charge in [-0.3, -0.25) is 0 Å². The van der Waals surface area contributed by atoms with E-state index in [-0.39, 0.29) is 17.6 Å². The minimum absolute atomic E-state index is 0.151. The van der Waals surface area contributed by atoms with Gasteiger partial charge in [0.1, 0.15) is 12.2 Å². The fourth-order valence-electron chi connectivity index (χ4n) is 5.13. The molecule has 1 aliphatic heterocycles. The number of benzene rings is 1. The van der Waals surface area contributed by atoms with Crippen LogP contribution < -0.4 is 0 Å². The first-order chi connectivity index (χ1) is 13.6. The van der Waals surface area contributed by atoms with Crippen LogP contribution in [0.1, 0.15) is 37.4 Å². The number of aromatic nitrogens is 2. The lowest BCUT2D eigenvalue weighted by Crippen LogP contribution is -2.53. The molecule has 1 aromatic heterocycles. The molecule has 5 rings (SSSR count). The zero-order valence-electron chi connectivity index (χ0n) is 16.3. The van der Waals surface area contributed by atoms with E-state index in [4.69, 9.17) is 14.6 Å². The molecule has 1 spiro atoms. The van der Waals surface area contributed by atoms with E-state index in [2.05, 4.69) is 38.3 Å². The summed E-state index contributed by atoms with van der Waals surface area (Å²) in [5, 5.41) is 4.69. The Morgan fingerprint density at radius 3 is 2.54 bits per heavy atom. The Labute approximate surface area is 166 Å². The lowest BCUT2D eigenvalue weighted by molar-refractivity contribution is -0.243. The van der Waals surface area contributed by atoms with E-state index < -0.39 is 5.79 Å². The zero-order valence-corrected chi connectivity index (χ0v) is 16.3. The molecule has 4 nitrogen and oxygen atoms in total. The van der Waals surface area contributed by atoms with Crippen molar-refractivity contribution in [3.63, 3.8) is 0 Å². The molecule has 4 heteroatoms. The van der Waals surface area contributed by atoms with Crippen molar-refractivity contribution in [1.82, 2.24) is 9.78 Å². The zero-order chi connectivity index (χ0) is 19.4. The van der Waals surface area contributed by atoms with Gasteiger partial charge in [0.05, 0.1) is 17.6 Å². The largest absolute Gasteiger partial charge is 0.339 e. The summed E-state index contributed by atoms with van der Waals surface area (Å²) in [7, 11) is 0. The van der Waals surface area contributed by atoms with Crippen molar-refractivity contribution in [2.24, 2.45) is 5.41 Å². The van der Waals surface area contributed by atoms with Crippen molar-refractivity contribution in [3.05, 3.63) is 78.7 Å². The van der Waals surface area contributed by atoms with Crippen molar-refractivity contribution >= 4 is 6.08 Å². The van der Waals surface area contributed by atoms with Crippen LogP contribution in [0.5, 0.6) is 0 Å². The number of ether oxygens (including phenoxy) is 2. The van der Waals surface area contributed by atoms with Gasteiger partial charge >= 0.3 is 0 Å². The van der Waals surface area contributed by atoms with Gasteiger partial charge in [0, 0.05) is 11.8 Å². The van der Waals surface area contributed by atoms with Crippen LogP contribution in [0.3, 0.4) is 0 Å². The van der Waals surface area contributed by atoms with Crippen LogP contribution in [-0.4, -0.2) is 27.8 Å². The van der Waals surface area contributed by atoms with E-state index in [1.807, 2.05) is 41.2 Å². The van der Waals surface area contributed by atoms with Crippen LogP contribution in [0, 0.1) is 5.41 Å². The topological polar surface area (TPSA) is 36.3 Å². The van der Waals surface area contributed by atoms with Gasteiger partial charge in [-0.05, 0) is 43.0 Å². The first-order valence-electron chi connectivity index (χ1n) is 10.0. The molecule has 0 bridgehead atoms. The molecule has 0 radical (unpaired) electrons. The number of hydrogen-bond donors (Lipinski definition) is 0. The maximum Gasteiger partial charge on any atom is 0.179 e. The van der Waals surface area contributed by atoms with Crippen molar-refractivity contribution in [2.75, 3.05) is 0 Å². The molecule has 1 unspecified atom stereocenters. The molecule has 144 valence electrons. The Morgan fingerprint density at radius 2 is 1.86 bits per heavy atom. The van der Waals surface area contributed by atoms with Crippen molar-refractivity contribution in [1.29, 1.82) is 0 Å². The van der Waals surface area contributed by atoms with Crippen LogP contribution in [0.15, 0.2) is 67.4 Å². The summed E-state index contributed by atoms with van der Waals surface area (Å²) in [4.78, 5) is 0. The summed E-state index contributed by atoms with van der Waals surface area (Å²) in [6.45, 7) is 10.2. The second-order valence-electron chi connectivity index (χ2n) is 8.22. The number of fused-ring (bicyclic) bond motifs is 3. The van der Waals surface area contributed by atoms with Crippen molar-refractivity contribution in [3.8, 4) is 5.69 Å². The van der Waals surface area contributed by atoms with Crippen molar-refractivity contribution in [2.45, 2.75) is 50.6 Å². The molecule has 0 amide bonds. The lowest BCUT2D eigenvalue weighted by Gasteiger charge is -2.51. The van der Waals surface area contributed by atoms with Gasteiger partial charge in [-0.25, -0.2) is 4.68 Å². The number of nitrogens with zero attached hydrogens (tertiary/aromatic N) is 2. The van der Waals surface area contributed by atoms with Crippen LogP contribution >= 0.6 is 0 Å². The van der Waals surface area contributed by atoms with Crippen molar-refractivity contribution < 1.29 is 9.47 Å². The van der Waals surface area contributed by atoms with Crippen LogP contribution in [0.25, 0.3) is 11.8 Å². The fourth-order valence-corrected chi connectivity index (χ4v) is 5.13. The average Bonchev–Trinajstić information content (AvgIpc) is 3.29. The normalized spacial score (nSPS) is 30.4. The lowest BCUT2D eigenvalue weighted by atomic mass is 9.62. The molecule has 1 saturated carbocycles.